The van der Waals surface area contributed by atoms with Gasteiger partial charge < -0.3 is 9.88 Å². The van der Waals surface area contributed by atoms with Crippen LogP contribution in [0.5, 0.6) is 0 Å². The average Bonchev–Trinajstić information content (AvgIpc) is 3.91. The summed E-state index contributed by atoms with van der Waals surface area (Å²) >= 11 is 0. The van der Waals surface area contributed by atoms with Crippen LogP contribution in [0.1, 0.15) is 30.0 Å². The maximum Gasteiger partial charge on any atom is 0.0711 e. The summed E-state index contributed by atoms with van der Waals surface area (Å²) in [5, 5.41) is 6.33. The number of para-hydroxylation sites is 2. The molecule has 330 valence electrons. The Balaban J connectivity index is 0.856. The van der Waals surface area contributed by atoms with Crippen LogP contribution in [-0.4, -0.2) is 4.57 Å². The third kappa shape index (κ3) is 6.20. The largest absolute Gasteiger partial charge is 0.355 e. The molecule has 3 aliphatic rings. The van der Waals surface area contributed by atoms with E-state index in [0.717, 1.165) is 17.8 Å². The highest BCUT2D eigenvalue weighted by Crippen LogP contribution is 2.58. The molecular weight excluding hydrogens is 845 g/mol. The first kappa shape index (κ1) is 40.4. The molecule has 0 radical (unpaired) electrons. The van der Waals surface area contributed by atoms with Gasteiger partial charge in [0.25, 0.3) is 0 Å². The van der Waals surface area contributed by atoms with Crippen molar-refractivity contribution in [2.24, 2.45) is 5.92 Å². The molecular formula is C68H48N2. The number of aromatic nitrogens is 1. The van der Waals surface area contributed by atoms with Gasteiger partial charge in [-0.2, -0.15) is 0 Å². The minimum atomic E-state index is -0.440. The number of benzene rings is 10. The van der Waals surface area contributed by atoms with Gasteiger partial charge in [0.2, 0.25) is 0 Å². The lowest BCUT2D eigenvalue weighted by Gasteiger charge is -2.36. The number of fused-ring (bicyclic) bond motifs is 14. The van der Waals surface area contributed by atoms with Crippen molar-refractivity contribution < 1.29 is 0 Å². The van der Waals surface area contributed by atoms with Crippen LogP contribution in [0.4, 0.5) is 11.4 Å². The van der Waals surface area contributed by atoms with Crippen molar-refractivity contribution in [3.63, 3.8) is 0 Å². The Kier molecular flexibility index (Phi) is 9.19. The Morgan fingerprint density at radius 1 is 0.414 bits per heavy atom. The Bertz CT molecular complexity index is 3960. The maximum absolute atomic E-state index is 3.84. The van der Waals surface area contributed by atoms with Crippen molar-refractivity contribution in [3.8, 4) is 72.4 Å². The normalized spacial score (nSPS) is 16.4. The molecule has 10 aromatic carbocycles. The van der Waals surface area contributed by atoms with Crippen LogP contribution < -0.4 is 5.32 Å². The first-order valence-electron chi connectivity index (χ1n) is 24.6. The van der Waals surface area contributed by atoms with E-state index in [0.29, 0.717) is 5.92 Å². The van der Waals surface area contributed by atoms with Crippen LogP contribution in [0.2, 0.25) is 0 Å². The fourth-order valence-corrected chi connectivity index (χ4v) is 12.1. The highest BCUT2D eigenvalue weighted by molar-refractivity contribution is 6.10. The number of anilines is 2. The van der Waals surface area contributed by atoms with Gasteiger partial charge in [-0.3, -0.25) is 0 Å². The standard InChI is InChI=1S/C68H48N2/c1-44-15-13-20-52(39-44)68(51-18-3-2-4-19-51)62-26-10-7-23-56(62)57-36-35-53(43-63(57)68)70-66-28-12-9-25-59(66)61-42-48(34-38-67(61)70)46-31-29-45(30-32-46)47-33-37-65-60(41-47)50-17-14-16-49(40-50)54-21-5-6-22-55(54)58-24-8-11-27-64(58)69-65/h2-14,16-44,69H,15H2,1H3. The molecule has 11 aromatic rings. The fourth-order valence-electron chi connectivity index (χ4n) is 12.1. The summed E-state index contributed by atoms with van der Waals surface area (Å²) in [6.07, 6.45) is 8.35. The summed E-state index contributed by atoms with van der Waals surface area (Å²) in [4.78, 5) is 0. The second kappa shape index (κ2) is 15.9. The van der Waals surface area contributed by atoms with Crippen LogP contribution in [0.25, 0.3) is 94.3 Å². The zero-order chi connectivity index (χ0) is 46.3. The Morgan fingerprint density at radius 2 is 1.04 bits per heavy atom. The van der Waals surface area contributed by atoms with Crippen molar-refractivity contribution in [2.75, 3.05) is 5.32 Å². The number of allylic oxidation sites excluding steroid dienone is 4. The Morgan fingerprint density at radius 3 is 1.87 bits per heavy atom. The molecule has 70 heavy (non-hydrogen) atoms. The average molecular weight is 893 g/mol. The van der Waals surface area contributed by atoms with Crippen molar-refractivity contribution in [1.29, 1.82) is 0 Å². The van der Waals surface area contributed by atoms with Gasteiger partial charge in [-0.05, 0) is 145 Å². The van der Waals surface area contributed by atoms with Crippen LogP contribution in [-0.2, 0) is 5.41 Å². The number of nitrogens with one attached hydrogen (secondary N) is 1. The zero-order valence-electron chi connectivity index (χ0n) is 38.9. The van der Waals surface area contributed by atoms with Gasteiger partial charge in [-0.1, -0.05) is 201 Å². The SMILES string of the molecule is CC1C=C(C2(c3ccccc3)c3ccccc3-c3ccc(-n4c5ccccc5c5cc(-c6ccc(-c7ccc8c(c7)-c7cccc(c7)-c7ccccc7-c7ccccc7N8)cc6)ccc54)cc32)C=CC1. The fraction of sp³-hybridized carbons (Fsp3) is 0.0588. The quantitative estimate of drug-likeness (QED) is 0.182. The molecule has 2 heteroatoms. The molecule has 0 fully saturated rings. The van der Waals surface area contributed by atoms with Gasteiger partial charge in [0, 0.05) is 39.0 Å². The van der Waals surface area contributed by atoms with Crippen molar-refractivity contribution in [2.45, 2.75) is 18.8 Å². The lowest BCUT2D eigenvalue weighted by molar-refractivity contribution is 0.683. The molecule has 2 unspecified atom stereocenters. The molecule has 1 N–H and O–H groups in total. The summed E-state index contributed by atoms with van der Waals surface area (Å²) in [6.45, 7) is 2.34. The van der Waals surface area contributed by atoms with Gasteiger partial charge in [-0.15, -0.1) is 0 Å². The topological polar surface area (TPSA) is 17.0 Å². The monoisotopic (exact) mass is 892 g/mol. The summed E-state index contributed by atoms with van der Waals surface area (Å²) in [7, 11) is 0. The minimum Gasteiger partial charge on any atom is -0.355 e. The maximum atomic E-state index is 3.84. The van der Waals surface area contributed by atoms with Crippen LogP contribution in [0, 0.1) is 5.92 Å². The van der Waals surface area contributed by atoms with Gasteiger partial charge in [0.05, 0.1) is 16.4 Å². The molecule has 2 bridgehead atoms. The zero-order valence-corrected chi connectivity index (χ0v) is 38.9. The number of hydrogen-bond donors (Lipinski definition) is 1. The summed E-state index contributed by atoms with van der Waals surface area (Å²) in [6, 6.07) is 85.7. The van der Waals surface area contributed by atoms with Gasteiger partial charge in [0.15, 0.2) is 0 Å². The van der Waals surface area contributed by atoms with E-state index < -0.39 is 5.41 Å². The Labute approximate surface area is 409 Å². The van der Waals surface area contributed by atoms with E-state index in [4.69, 9.17) is 0 Å². The molecule has 2 aliphatic carbocycles. The van der Waals surface area contributed by atoms with Gasteiger partial charge in [-0.25, -0.2) is 0 Å². The molecule has 2 atom stereocenters. The molecule has 0 amide bonds. The molecule has 2 nitrogen and oxygen atoms in total. The Hall–Kier alpha value is -8.72. The van der Waals surface area contributed by atoms with E-state index >= 15 is 0 Å². The van der Waals surface area contributed by atoms with Crippen molar-refractivity contribution in [3.05, 3.63) is 271 Å². The molecule has 1 aliphatic heterocycles. The van der Waals surface area contributed by atoms with Crippen LogP contribution in [0.3, 0.4) is 0 Å². The number of nitrogens with zero attached hydrogens (tertiary/aromatic N) is 1. The predicted octanol–water partition coefficient (Wildman–Crippen LogP) is 18.0. The molecule has 0 spiro atoms. The van der Waals surface area contributed by atoms with Crippen molar-refractivity contribution >= 4 is 33.2 Å². The first-order chi connectivity index (χ1) is 34.6. The van der Waals surface area contributed by atoms with E-state index in [1.165, 1.54) is 117 Å². The first-order valence-corrected chi connectivity index (χ1v) is 24.6. The number of hydrogen-bond acceptors (Lipinski definition) is 1. The van der Waals surface area contributed by atoms with Gasteiger partial charge >= 0.3 is 0 Å². The van der Waals surface area contributed by atoms with Crippen molar-refractivity contribution in [1.82, 2.24) is 4.57 Å². The second-order valence-corrected chi connectivity index (χ2v) is 19.3. The molecule has 0 saturated carbocycles. The van der Waals surface area contributed by atoms with E-state index in [1.807, 2.05) is 0 Å². The van der Waals surface area contributed by atoms with Gasteiger partial charge in [0.1, 0.15) is 0 Å². The third-order valence-corrected chi connectivity index (χ3v) is 15.3. The van der Waals surface area contributed by atoms with E-state index in [9.17, 15) is 0 Å². The highest BCUT2D eigenvalue weighted by atomic mass is 15.0. The van der Waals surface area contributed by atoms with E-state index in [-0.39, 0.29) is 0 Å². The van der Waals surface area contributed by atoms with Crippen LogP contribution >= 0.6 is 0 Å². The molecule has 1 aromatic heterocycles. The van der Waals surface area contributed by atoms with E-state index in [2.05, 4.69) is 266 Å². The summed E-state index contributed by atoms with van der Waals surface area (Å²) < 4.78 is 2.48. The molecule has 2 heterocycles. The smallest absolute Gasteiger partial charge is 0.0711 e. The van der Waals surface area contributed by atoms with E-state index in [1.54, 1.807) is 0 Å². The lowest BCUT2D eigenvalue weighted by atomic mass is 9.65. The predicted molar refractivity (Wildman–Crippen MR) is 294 cm³/mol. The minimum absolute atomic E-state index is 0.440. The summed E-state index contributed by atoms with van der Waals surface area (Å²) in [5.41, 5.74) is 25.3. The molecule has 0 saturated heterocycles. The third-order valence-electron chi connectivity index (χ3n) is 15.3. The lowest BCUT2D eigenvalue weighted by Crippen LogP contribution is -2.30. The second-order valence-electron chi connectivity index (χ2n) is 19.3. The number of rotatable bonds is 5. The van der Waals surface area contributed by atoms with Crippen LogP contribution in [0.15, 0.2) is 254 Å². The highest BCUT2D eigenvalue weighted by Gasteiger charge is 2.47. The summed E-state index contributed by atoms with van der Waals surface area (Å²) in [5.74, 6) is 0.458. The molecule has 14 rings (SSSR count).